The van der Waals surface area contributed by atoms with Crippen molar-refractivity contribution in [3.63, 3.8) is 0 Å². The van der Waals surface area contributed by atoms with Crippen molar-refractivity contribution < 1.29 is 9.13 Å². The van der Waals surface area contributed by atoms with Crippen molar-refractivity contribution in [3.05, 3.63) is 35.1 Å². The van der Waals surface area contributed by atoms with Gasteiger partial charge < -0.3 is 15.4 Å². The van der Waals surface area contributed by atoms with Crippen LogP contribution in [0.5, 0.6) is 0 Å². The predicted octanol–water partition coefficient (Wildman–Crippen LogP) is 2.43. The molecule has 0 aliphatic carbocycles. The summed E-state index contributed by atoms with van der Waals surface area (Å²) in [4.78, 5) is 6.72. The predicted molar refractivity (Wildman–Crippen MR) is 116 cm³/mol. The lowest BCUT2D eigenvalue weighted by molar-refractivity contribution is 0.0320. The van der Waals surface area contributed by atoms with Crippen molar-refractivity contribution in [1.82, 2.24) is 15.5 Å². The molecule has 1 aromatic rings. The van der Waals surface area contributed by atoms with E-state index in [9.17, 15) is 4.39 Å². The number of halogens is 2. The second-order valence-electron chi connectivity index (χ2n) is 6.72. The summed E-state index contributed by atoms with van der Waals surface area (Å²) in [6.45, 7) is 10.6. The molecule has 1 heterocycles. The fourth-order valence-corrected chi connectivity index (χ4v) is 3.04. The van der Waals surface area contributed by atoms with E-state index in [4.69, 9.17) is 4.74 Å². The van der Waals surface area contributed by atoms with Crippen LogP contribution in [0.3, 0.4) is 0 Å². The van der Waals surface area contributed by atoms with Gasteiger partial charge in [-0.25, -0.2) is 4.39 Å². The van der Waals surface area contributed by atoms with Crippen molar-refractivity contribution >= 4 is 29.9 Å². The molecule has 0 amide bonds. The molecule has 2 N–H and O–H groups in total. The van der Waals surface area contributed by atoms with Gasteiger partial charge in [0.2, 0.25) is 0 Å². The van der Waals surface area contributed by atoms with E-state index in [1.807, 2.05) is 13.0 Å². The summed E-state index contributed by atoms with van der Waals surface area (Å²) >= 11 is 0. The Balaban J connectivity index is 0.00000338. The smallest absolute Gasteiger partial charge is 0.190 e. The van der Waals surface area contributed by atoms with Gasteiger partial charge >= 0.3 is 0 Å². The normalized spacial score (nSPS) is 16.7. The molecule has 0 aromatic heterocycles. The lowest BCUT2D eigenvalue weighted by Crippen LogP contribution is -2.44. The topological polar surface area (TPSA) is 48.9 Å². The molecule has 0 spiro atoms. The second-order valence-corrected chi connectivity index (χ2v) is 6.72. The highest BCUT2D eigenvalue weighted by atomic mass is 127. The SMILES string of the molecule is CN=C(NCCc1ccc(F)cc1C)NCC(C)CN1CCOCC1.I. The fourth-order valence-electron chi connectivity index (χ4n) is 3.04. The summed E-state index contributed by atoms with van der Waals surface area (Å²) in [6.07, 6.45) is 0.843. The lowest BCUT2D eigenvalue weighted by atomic mass is 10.1. The third-order valence-electron chi connectivity index (χ3n) is 4.51. The van der Waals surface area contributed by atoms with Gasteiger partial charge in [0, 0.05) is 39.8 Å². The van der Waals surface area contributed by atoms with Crippen LogP contribution in [0.4, 0.5) is 4.39 Å². The van der Waals surface area contributed by atoms with E-state index in [2.05, 4.69) is 27.4 Å². The molecule has 1 unspecified atom stereocenters. The number of aliphatic imine (C=N–C) groups is 1. The molecule has 5 nitrogen and oxygen atoms in total. The Morgan fingerprint density at radius 1 is 1.31 bits per heavy atom. The first-order valence-electron chi connectivity index (χ1n) is 9.08. The van der Waals surface area contributed by atoms with Gasteiger partial charge in [-0.2, -0.15) is 0 Å². The molecule has 1 saturated heterocycles. The first kappa shape index (κ1) is 23.1. The van der Waals surface area contributed by atoms with Gasteiger partial charge in [0.05, 0.1) is 13.2 Å². The van der Waals surface area contributed by atoms with Crippen LogP contribution in [0.1, 0.15) is 18.1 Å². The van der Waals surface area contributed by atoms with Crippen LogP contribution in [0.2, 0.25) is 0 Å². The molecule has 7 heteroatoms. The second kappa shape index (κ2) is 12.5. The Kier molecular flexibility index (Phi) is 11.1. The summed E-state index contributed by atoms with van der Waals surface area (Å²) in [6, 6.07) is 4.95. The van der Waals surface area contributed by atoms with Crippen molar-refractivity contribution in [1.29, 1.82) is 0 Å². The third kappa shape index (κ3) is 8.18. The number of hydrogen-bond donors (Lipinski definition) is 2. The van der Waals surface area contributed by atoms with E-state index < -0.39 is 0 Å². The summed E-state index contributed by atoms with van der Waals surface area (Å²) in [7, 11) is 1.78. The number of benzene rings is 1. The number of aryl methyl sites for hydroxylation is 1. The van der Waals surface area contributed by atoms with Gasteiger partial charge in [0.1, 0.15) is 5.82 Å². The first-order chi connectivity index (χ1) is 12.1. The summed E-state index contributed by atoms with van der Waals surface area (Å²) in [5, 5.41) is 6.72. The van der Waals surface area contributed by atoms with Crippen molar-refractivity contribution in [2.24, 2.45) is 10.9 Å². The number of rotatable bonds is 7. The van der Waals surface area contributed by atoms with Gasteiger partial charge in [0.15, 0.2) is 5.96 Å². The number of hydrogen-bond acceptors (Lipinski definition) is 3. The quantitative estimate of drug-likeness (QED) is 0.359. The lowest BCUT2D eigenvalue weighted by Gasteiger charge is -2.29. The van der Waals surface area contributed by atoms with Crippen LogP contribution < -0.4 is 10.6 Å². The van der Waals surface area contributed by atoms with Gasteiger partial charge in [-0.05, 0) is 42.5 Å². The Bertz CT molecular complexity index is 564. The van der Waals surface area contributed by atoms with E-state index >= 15 is 0 Å². The molecule has 1 aliphatic heterocycles. The minimum atomic E-state index is -0.180. The van der Waals surface area contributed by atoms with Crippen LogP contribution in [0, 0.1) is 18.7 Å². The van der Waals surface area contributed by atoms with Crippen LogP contribution in [-0.2, 0) is 11.2 Å². The molecule has 0 saturated carbocycles. The van der Waals surface area contributed by atoms with Crippen molar-refractivity contribution in [2.45, 2.75) is 20.3 Å². The van der Waals surface area contributed by atoms with Crippen LogP contribution in [0.15, 0.2) is 23.2 Å². The summed E-state index contributed by atoms with van der Waals surface area (Å²) < 4.78 is 18.5. The highest BCUT2D eigenvalue weighted by Gasteiger charge is 2.13. The number of nitrogens with zero attached hydrogens (tertiary/aromatic N) is 2. The van der Waals surface area contributed by atoms with Gasteiger partial charge in [0.25, 0.3) is 0 Å². The van der Waals surface area contributed by atoms with Crippen LogP contribution in [0.25, 0.3) is 0 Å². The van der Waals surface area contributed by atoms with Crippen molar-refractivity contribution in [2.75, 3.05) is 53.0 Å². The van der Waals surface area contributed by atoms with Gasteiger partial charge in [-0.3, -0.25) is 9.89 Å². The van der Waals surface area contributed by atoms with Gasteiger partial charge in [-0.15, -0.1) is 24.0 Å². The highest BCUT2D eigenvalue weighted by Crippen LogP contribution is 2.10. The Morgan fingerprint density at radius 3 is 2.69 bits per heavy atom. The summed E-state index contributed by atoms with van der Waals surface area (Å²) in [5.41, 5.74) is 2.15. The van der Waals surface area contributed by atoms with Crippen LogP contribution >= 0.6 is 24.0 Å². The van der Waals surface area contributed by atoms with Crippen molar-refractivity contribution in [3.8, 4) is 0 Å². The summed E-state index contributed by atoms with van der Waals surface area (Å²) in [5.74, 6) is 1.17. The molecule has 2 rings (SSSR count). The molecule has 0 bridgehead atoms. The minimum absolute atomic E-state index is 0. The van der Waals surface area contributed by atoms with E-state index in [1.165, 1.54) is 6.07 Å². The van der Waals surface area contributed by atoms with Gasteiger partial charge in [-0.1, -0.05) is 13.0 Å². The van der Waals surface area contributed by atoms with Crippen LogP contribution in [-0.4, -0.2) is 63.8 Å². The molecular weight excluding hydrogens is 446 g/mol. The minimum Gasteiger partial charge on any atom is -0.379 e. The maximum atomic E-state index is 13.1. The first-order valence-corrected chi connectivity index (χ1v) is 9.08. The van der Waals surface area contributed by atoms with E-state index in [1.54, 1.807) is 13.1 Å². The average molecular weight is 478 g/mol. The molecule has 1 fully saturated rings. The largest absolute Gasteiger partial charge is 0.379 e. The zero-order valence-corrected chi connectivity index (χ0v) is 18.4. The highest BCUT2D eigenvalue weighted by molar-refractivity contribution is 14.0. The van der Waals surface area contributed by atoms with E-state index in [0.717, 1.165) is 69.4 Å². The molecule has 26 heavy (non-hydrogen) atoms. The number of morpholine rings is 1. The maximum Gasteiger partial charge on any atom is 0.190 e. The van der Waals surface area contributed by atoms with E-state index in [0.29, 0.717) is 5.92 Å². The average Bonchev–Trinajstić information content (AvgIpc) is 2.60. The third-order valence-corrected chi connectivity index (χ3v) is 4.51. The zero-order chi connectivity index (χ0) is 18.1. The Hall–Kier alpha value is -0.930. The molecule has 148 valence electrons. The zero-order valence-electron chi connectivity index (χ0n) is 16.1. The molecule has 1 aliphatic rings. The number of ether oxygens (including phenoxy) is 1. The molecular formula is C19H32FIN4O. The maximum absolute atomic E-state index is 13.1. The van der Waals surface area contributed by atoms with E-state index in [-0.39, 0.29) is 29.8 Å². The monoisotopic (exact) mass is 478 g/mol. The molecule has 1 atom stereocenters. The number of guanidine groups is 1. The Labute approximate surface area is 173 Å². The number of nitrogens with one attached hydrogen (secondary N) is 2. The molecule has 0 radical (unpaired) electrons. The Morgan fingerprint density at radius 2 is 2.04 bits per heavy atom. The fraction of sp³-hybridized carbons (Fsp3) is 0.632. The standard InChI is InChI=1S/C19H31FN4O.HI/c1-15(14-24-8-10-25-11-9-24)13-23-19(21-3)22-7-6-17-4-5-18(20)12-16(17)2;/h4-5,12,15H,6-11,13-14H2,1-3H3,(H2,21,22,23);1H. The molecule has 1 aromatic carbocycles.